The van der Waals surface area contributed by atoms with Crippen LogP contribution in [0.25, 0.3) is 0 Å². The number of halogens is 3. The van der Waals surface area contributed by atoms with E-state index in [1.54, 1.807) is 0 Å². The largest absolute Gasteiger partial charge is 0.411 e. The first-order valence-corrected chi connectivity index (χ1v) is 6.88. The number of carbonyl (C=O) groups is 1. The van der Waals surface area contributed by atoms with Gasteiger partial charge in [0.2, 0.25) is 5.91 Å². The lowest BCUT2D eigenvalue weighted by molar-refractivity contribution is -0.173. The van der Waals surface area contributed by atoms with Crippen molar-refractivity contribution < 1.29 is 22.7 Å². The van der Waals surface area contributed by atoms with Crippen molar-refractivity contribution in [2.75, 3.05) is 19.8 Å². The molecule has 0 aromatic rings. The number of amides is 1. The second kappa shape index (κ2) is 8.40. The van der Waals surface area contributed by atoms with Crippen LogP contribution in [0.5, 0.6) is 0 Å². The molecule has 1 saturated carbocycles. The van der Waals surface area contributed by atoms with Crippen LogP contribution in [-0.4, -0.2) is 31.8 Å². The highest BCUT2D eigenvalue weighted by atomic mass is 19.4. The average molecular weight is 281 g/mol. The van der Waals surface area contributed by atoms with Gasteiger partial charge in [0.15, 0.2) is 0 Å². The smallest absolute Gasteiger partial charge is 0.370 e. The minimum absolute atomic E-state index is 0.0961. The molecule has 0 aliphatic heterocycles. The highest BCUT2D eigenvalue weighted by Gasteiger charge is 2.27. The fraction of sp³-hybridized carbons (Fsp3) is 0.923. The Morgan fingerprint density at radius 2 is 1.89 bits per heavy atom. The molecular weight excluding hydrogens is 259 g/mol. The lowest BCUT2D eigenvalue weighted by Gasteiger charge is -2.20. The molecule has 1 aliphatic carbocycles. The van der Waals surface area contributed by atoms with Gasteiger partial charge in [0.25, 0.3) is 0 Å². The zero-order chi connectivity index (χ0) is 14.1. The molecule has 0 unspecified atom stereocenters. The summed E-state index contributed by atoms with van der Waals surface area (Å²) >= 11 is 0. The maximum absolute atomic E-state index is 11.8. The predicted molar refractivity (Wildman–Crippen MR) is 65.7 cm³/mol. The van der Waals surface area contributed by atoms with Gasteiger partial charge in [-0.25, -0.2) is 0 Å². The number of rotatable bonds is 7. The van der Waals surface area contributed by atoms with Crippen LogP contribution < -0.4 is 5.32 Å². The molecule has 0 bridgehead atoms. The zero-order valence-electron chi connectivity index (χ0n) is 11.1. The summed E-state index contributed by atoms with van der Waals surface area (Å²) in [6, 6.07) is 0. The van der Waals surface area contributed by atoms with Crippen molar-refractivity contribution in [2.45, 2.75) is 51.1 Å². The molecule has 0 heterocycles. The van der Waals surface area contributed by atoms with Crippen molar-refractivity contribution in [1.29, 1.82) is 0 Å². The quantitative estimate of drug-likeness (QED) is 0.728. The number of nitrogens with one attached hydrogen (secondary N) is 1. The summed E-state index contributed by atoms with van der Waals surface area (Å²) in [5.41, 5.74) is 0. The van der Waals surface area contributed by atoms with Crippen LogP contribution in [0, 0.1) is 5.92 Å². The van der Waals surface area contributed by atoms with E-state index in [1.807, 2.05) is 0 Å². The maximum atomic E-state index is 11.8. The molecule has 0 saturated heterocycles. The summed E-state index contributed by atoms with van der Waals surface area (Å²) in [7, 11) is 0. The van der Waals surface area contributed by atoms with Crippen molar-refractivity contribution in [3.05, 3.63) is 0 Å². The van der Waals surface area contributed by atoms with Crippen LogP contribution in [0.1, 0.15) is 44.9 Å². The molecule has 3 nitrogen and oxygen atoms in total. The second-order valence-electron chi connectivity index (χ2n) is 5.06. The van der Waals surface area contributed by atoms with Crippen molar-refractivity contribution >= 4 is 5.91 Å². The van der Waals surface area contributed by atoms with Gasteiger partial charge in [-0.05, 0) is 12.3 Å². The van der Waals surface area contributed by atoms with Crippen LogP contribution in [0.3, 0.4) is 0 Å². The Balaban J connectivity index is 1.95. The Morgan fingerprint density at radius 1 is 1.21 bits per heavy atom. The lowest BCUT2D eigenvalue weighted by atomic mass is 9.86. The van der Waals surface area contributed by atoms with E-state index in [4.69, 9.17) is 0 Å². The molecule has 1 fully saturated rings. The third-order valence-corrected chi connectivity index (χ3v) is 3.34. The van der Waals surface area contributed by atoms with E-state index >= 15 is 0 Å². The number of ether oxygens (including phenoxy) is 1. The minimum atomic E-state index is -4.30. The van der Waals surface area contributed by atoms with E-state index in [0.29, 0.717) is 12.3 Å². The minimum Gasteiger partial charge on any atom is -0.370 e. The third-order valence-electron chi connectivity index (χ3n) is 3.34. The first-order chi connectivity index (χ1) is 8.97. The van der Waals surface area contributed by atoms with Crippen LogP contribution >= 0.6 is 0 Å². The fourth-order valence-electron chi connectivity index (χ4n) is 2.35. The second-order valence-corrected chi connectivity index (χ2v) is 5.06. The Bertz CT molecular complexity index is 263. The van der Waals surface area contributed by atoms with Crippen LogP contribution in [0.15, 0.2) is 0 Å². The molecule has 112 valence electrons. The standard InChI is InChI=1S/C13H22F3NO2/c14-13(15,16)10-19-9-8-17-12(18)7-6-11-4-2-1-3-5-11/h11H,1-10H2,(H,17,18). The number of carbonyl (C=O) groups excluding carboxylic acids is 1. The van der Waals surface area contributed by atoms with Crippen molar-refractivity contribution in [1.82, 2.24) is 5.32 Å². The van der Waals surface area contributed by atoms with E-state index in [-0.39, 0.29) is 19.1 Å². The monoisotopic (exact) mass is 281 g/mol. The third kappa shape index (κ3) is 8.86. The average Bonchev–Trinajstić information content (AvgIpc) is 2.36. The number of hydrogen-bond acceptors (Lipinski definition) is 2. The van der Waals surface area contributed by atoms with Gasteiger partial charge in [-0.2, -0.15) is 13.2 Å². The highest BCUT2D eigenvalue weighted by Crippen LogP contribution is 2.27. The lowest BCUT2D eigenvalue weighted by Crippen LogP contribution is -2.29. The predicted octanol–water partition coefficient (Wildman–Crippen LogP) is 3.04. The molecule has 1 rings (SSSR count). The molecule has 0 aromatic heterocycles. The summed E-state index contributed by atoms with van der Waals surface area (Å²) in [5.74, 6) is 0.544. The molecule has 0 radical (unpaired) electrons. The van der Waals surface area contributed by atoms with E-state index in [2.05, 4.69) is 10.1 Å². The maximum Gasteiger partial charge on any atom is 0.411 e. The van der Waals surface area contributed by atoms with Gasteiger partial charge >= 0.3 is 6.18 Å². The highest BCUT2D eigenvalue weighted by molar-refractivity contribution is 5.75. The Kier molecular flexibility index (Phi) is 7.20. The summed E-state index contributed by atoms with van der Waals surface area (Å²) in [5, 5.41) is 2.58. The fourth-order valence-corrected chi connectivity index (χ4v) is 2.35. The van der Waals surface area contributed by atoms with Crippen molar-refractivity contribution in [3.8, 4) is 0 Å². The Labute approximate surface area is 111 Å². The molecule has 0 atom stereocenters. The molecule has 1 N–H and O–H groups in total. The molecule has 0 aromatic carbocycles. The van der Waals surface area contributed by atoms with Gasteiger partial charge in [-0.3, -0.25) is 4.79 Å². The number of hydrogen-bond donors (Lipinski definition) is 1. The molecule has 6 heteroatoms. The van der Waals surface area contributed by atoms with Crippen LogP contribution in [0.4, 0.5) is 13.2 Å². The molecule has 19 heavy (non-hydrogen) atoms. The van der Waals surface area contributed by atoms with Gasteiger partial charge in [-0.1, -0.05) is 32.1 Å². The topological polar surface area (TPSA) is 38.3 Å². The molecular formula is C13H22F3NO2. The molecule has 0 spiro atoms. The normalized spacial score (nSPS) is 17.4. The zero-order valence-corrected chi connectivity index (χ0v) is 11.1. The van der Waals surface area contributed by atoms with E-state index in [0.717, 1.165) is 6.42 Å². The van der Waals surface area contributed by atoms with E-state index in [9.17, 15) is 18.0 Å². The molecule has 1 aliphatic rings. The summed E-state index contributed by atoms with van der Waals surface area (Å²) in [6.45, 7) is -1.22. The van der Waals surface area contributed by atoms with E-state index in [1.165, 1.54) is 32.1 Å². The van der Waals surface area contributed by atoms with Gasteiger partial charge in [0.05, 0.1) is 6.61 Å². The van der Waals surface area contributed by atoms with E-state index < -0.39 is 12.8 Å². The number of alkyl halides is 3. The first kappa shape index (κ1) is 16.3. The van der Waals surface area contributed by atoms with Gasteiger partial charge in [0.1, 0.15) is 6.61 Å². The summed E-state index contributed by atoms with van der Waals surface area (Å²) < 4.78 is 39.7. The SMILES string of the molecule is O=C(CCC1CCCCC1)NCCOCC(F)(F)F. The molecule has 1 amide bonds. The van der Waals surface area contributed by atoms with Crippen molar-refractivity contribution in [2.24, 2.45) is 5.92 Å². The van der Waals surface area contributed by atoms with Crippen LogP contribution in [0.2, 0.25) is 0 Å². The summed E-state index contributed by atoms with van der Waals surface area (Å²) in [6.07, 6.45) is 3.22. The van der Waals surface area contributed by atoms with Crippen molar-refractivity contribution in [3.63, 3.8) is 0 Å². The van der Waals surface area contributed by atoms with Gasteiger partial charge in [-0.15, -0.1) is 0 Å². The Morgan fingerprint density at radius 3 is 2.53 bits per heavy atom. The van der Waals surface area contributed by atoms with Gasteiger partial charge in [0, 0.05) is 13.0 Å². The summed E-state index contributed by atoms with van der Waals surface area (Å²) in [4.78, 5) is 11.5. The van der Waals surface area contributed by atoms with Gasteiger partial charge < -0.3 is 10.1 Å². The first-order valence-electron chi connectivity index (χ1n) is 6.88. The van der Waals surface area contributed by atoms with Crippen LogP contribution in [-0.2, 0) is 9.53 Å². The Hall–Kier alpha value is -0.780.